The number of carbonyl (C=O) groups is 2. The number of thioether (sulfide) groups is 1. The molecule has 1 aromatic heterocycles. The molecule has 0 radical (unpaired) electrons. The van der Waals surface area contributed by atoms with Crippen LogP contribution in [0.25, 0.3) is 28.3 Å². The molecule has 2 fully saturated rings. The van der Waals surface area contributed by atoms with E-state index in [2.05, 4.69) is 15.5 Å². The summed E-state index contributed by atoms with van der Waals surface area (Å²) in [5, 5.41) is 6.18. The van der Waals surface area contributed by atoms with E-state index in [1.807, 2.05) is 48.5 Å². The van der Waals surface area contributed by atoms with Crippen LogP contribution >= 0.6 is 24.0 Å². The Labute approximate surface area is 207 Å². The van der Waals surface area contributed by atoms with Crippen LogP contribution in [0.3, 0.4) is 0 Å². The van der Waals surface area contributed by atoms with E-state index in [9.17, 15) is 9.59 Å². The lowest BCUT2D eigenvalue weighted by atomic mass is 10.1. The lowest BCUT2D eigenvalue weighted by Gasteiger charge is -2.26. The fraction of sp³-hybridized carbons (Fsp3) is 0.280. The van der Waals surface area contributed by atoms with Crippen LogP contribution in [0.15, 0.2) is 58.0 Å². The first kappa shape index (κ1) is 22.8. The van der Waals surface area contributed by atoms with Crippen molar-refractivity contribution in [2.75, 3.05) is 19.6 Å². The molecule has 9 heteroatoms. The standard InChI is InChI=1S/C25H24N4O3S2/c30-22(11-14-28-12-5-2-6-13-28)26-29-24(31)21(34-25(29)33)16-17-9-10-20-19(15-17)23(32-27-20)18-7-3-1-4-8-18/h1,3-4,7-10,15-16H,2,5-6,11-14H2,(H,26,30). The van der Waals surface area contributed by atoms with Crippen LogP contribution in [0.4, 0.5) is 0 Å². The molecular weight excluding hydrogens is 468 g/mol. The van der Waals surface area contributed by atoms with Crippen LogP contribution in [-0.2, 0) is 9.59 Å². The molecule has 1 N–H and O–H groups in total. The molecule has 2 aliphatic heterocycles. The highest BCUT2D eigenvalue weighted by molar-refractivity contribution is 8.26. The zero-order chi connectivity index (χ0) is 23.5. The molecule has 2 saturated heterocycles. The molecule has 2 amide bonds. The van der Waals surface area contributed by atoms with Gasteiger partial charge in [0.2, 0.25) is 5.91 Å². The molecule has 174 valence electrons. The van der Waals surface area contributed by atoms with Gasteiger partial charge in [-0.1, -0.05) is 59.7 Å². The summed E-state index contributed by atoms with van der Waals surface area (Å²) in [5.74, 6) is 0.149. The lowest BCUT2D eigenvalue weighted by Crippen LogP contribution is -2.46. The predicted octanol–water partition coefficient (Wildman–Crippen LogP) is 4.60. The molecule has 7 nitrogen and oxygen atoms in total. The lowest BCUT2D eigenvalue weighted by molar-refractivity contribution is -0.133. The number of likely N-dealkylation sites (tertiary alicyclic amines) is 1. The van der Waals surface area contributed by atoms with E-state index < -0.39 is 0 Å². The van der Waals surface area contributed by atoms with Gasteiger partial charge >= 0.3 is 0 Å². The average Bonchev–Trinajstić information content (AvgIpc) is 3.40. The highest BCUT2D eigenvalue weighted by Gasteiger charge is 2.33. The minimum Gasteiger partial charge on any atom is -0.355 e. The van der Waals surface area contributed by atoms with E-state index in [1.165, 1.54) is 36.0 Å². The van der Waals surface area contributed by atoms with Crippen molar-refractivity contribution in [3.63, 3.8) is 0 Å². The van der Waals surface area contributed by atoms with E-state index in [-0.39, 0.29) is 11.8 Å². The summed E-state index contributed by atoms with van der Waals surface area (Å²) in [6.45, 7) is 2.75. The maximum atomic E-state index is 13.0. The third kappa shape index (κ3) is 4.91. The normalized spacial score (nSPS) is 18.2. The third-order valence-corrected chi connectivity index (χ3v) is 7.27. The third-order valence-electron chi connectivity index (χ3n) is 5.97. The van der Waals surface area contributed by atoms with Crippen LogP contribution < -0.4 is 5.43 Å². The van der Waals surface area contributed by atoms with Crippen molar-refractivity contribution in [2.45, 2.75) is 25.7 Å². The van der Waals surface area contributed by atoms with Crippen LogP contribution in [-0.4, -0.2) is 50.8 Å². The number of aromatic nitrogens is 1. The summed E-state index contributed by atoms with van der Waals surface area (Å²) in [7, 11) is 0. The number of amides is 2. The molecule has 0 bridgehead atoms. The van der Waals surface area contributed by atoms with E-state index in [0.717, 1.165) is 35.1 Å². The van der Waals surface area contributed by atoms with Gasteiger partial charge in [0.1, 0.15) is 5.52 Å². The number of benzene rings is 2. The molecule has 2 aliphatic rings. The number of fused-ring (bicyclic) bond motifs is 1. The SMILES string of the molecule is O=C(CCN1CCCCC1)NN1C(=O)C(=Cc2ccc3noc(-c4ccccc4)c3c2)SC1=S. The molecule has 3 aromatic rings. The minimum absolute atomic E-state index is 0.207. The second-order valence-electron chi connectivity index (χ2n) is 8.36. The van der Waals surface area contributed by atoms with Gasteiger partial charge in [0.15, 0.2) is 10.1 Å². The fourth-order valence-corrected chi connectivity index (χ4v) is 5.36. The Kier molecular flexibility index (Phi) is 6.75. The van der Waals surface area contributed by atoms with Gasteiger partial charge in [-0.25, -0.2) is 0 Å². The summed E-state index contributed by atoms with van der Waals surface area (Å²) < 4.78 is 5.89. The van der Waals surface area contributed by atoms with Gasteiger partial charge in [-0.3, -0.25) is 15.0 Å². The van der Waals surface area contributed by atoms with E-state index in [1.54, 1.807) is 6.08 Å². The first-order valence-corrected chi connectivity index (χ1v) is 12.6. The van der Waals surface area contributed by atoms with Gasteiger partial charge in [-0.05, 0) is 61.9 Å². The summed E-state index contributed by atoms with van der Waals surface area (Å²) in [4.78, 5) is 28.2. The first-order chi connectivity index (χ1) is 16.6. The number of piperidine rings is 1. The molecule has 0 aliphatic carbocycles. The maximum Gasteiger partial charge on any atom is 0.285 e. The zero-order valence-corrected chi connectivity index (χ0v) is 20.2. The molecule has 0 atom stereocenters. The van der Waals surface area contributed by atoms with E-state index in [4.69, 9.17) is 16.7 Å². The maximum absolute atomic E-state index is 13.0. The number of nitrogens with zero attached hydrogens (tertiary/aromatic N) is 3. The number of thiocarbonyl (C=S) groups is 1. The molecule has 0 unspecified atom stereocenters. The Morgan fingerprint density at radius 1 is 1.15 bits per heavy atom. The quantitative estimate of drug-likeness (QED) is 0.398. The Morgan fingerprint density at radius 3 is 2.74 bits per heavy atom. The monoisotopic (exact) mass is 492 g/mol. The Bertz CT molecular complexity index is 1270. The van der Waals surface area contributed by atoms with Crippen molar-refractivity contribution in [2.24, 2.45) is 0 Å². The van der Waals surface area contributed by atoms with Crippen molar-refractivity contribution in [3.8, 4) is 11.3 Å². The van der Waals surface area contributed by atoms with Crippen LogP contribution in [0.2, 0.25) is 0 Å². The number of hydrazine groups is 1. The van der Waals surface area contributed by atoms with Gasteiger partial charge < -0.3 is 9.42 Å². The largest absolute Gasteiger partial charge is 0.355 e. The minimum atomic E-state index is -0.324. The Hall–Kier alpha value is -3.01. The first-order valence-electron chi connectivity index (χ1n) is 11.3. The molecular formula is C25H24N4O3S2. The zero-order valence-electron chi connectivity index (χ0n) is 18.5. The summed E-state index contributed by atoms with van der Waals surface area (Å²) in [6, 6.07) is 15.4. The summed E-state index contributed by atoms with van der Waals surface area (Å²) in [5.41, 5.74) is 5.18. The Morgan fingerprint density at radius 2 is 1.94 bits per heavy atom. The smallest absolute Gasteiger partial charge is 0.285 e. The van der Waals surface area contributed by atoms with Crippen LogP contribution in [0, 0.1) is 0 Å². The molecule has 0 saturated carbocycles. The fourth-order valence-electron chi connectivity index (χ4n) is 4.19. The molecule has 34 heavy (non-hydrogen) atoms. The summed E-state index contributed by atoms with van der Waals surface area (Å²) in [6.07, 6.45) is 5.72. The molecule has 5 rings (SSSR count). The molecule has 0 spiro atoms. The highest BCUT2D eigenvalue weighted by atomic mass is 32.2. The topological polar surface area (TPSA) is 78.7 Å². The molecule has 2 aromatic carbocycles. The van der Waals surface area contributed by atoms with E-state index >= 15 is 0 Å². The van der Waals surface area contributed by atoms with E-state index in [0.29, 0.717) is 28.0 Å². The number of hydrogen-bond acceptors (Lipinski definition) is 7. The summed E-state index contributed by atoms with van der Waals surface area (Å²) >= 11 is 6.54. The Balaban J connectivity index is 1.29. The van der Waals surface area contributed by atoms with Crippen LogP contribution in [0.5, 0.6) is 0 Å². The average molecular weight is 493 g/mol. The molecule has 3 heterocycles. The van der Waals surface area contributed by atoms with Gasteiger partial charge in [0.25, 0.3) is 5.91 Å². The van der Waals surface area contributed by atoms with Gasteiger partial charge in [-0.15, -0.1) is 0 Å². The number of carbonyl (C=O) groups excluding carboxylic acids is 2. The van der Waals surface area contributed by atoms with Crippen molar-refractivity contribution in [1.82, 2.24) is 20.5 Å². The van der Waals surface area contributed by atoms with Crippen molar-refractivity contribution >= 4 is 57.1 Å². The number of rotatable bonds is 6. The highest BCUT2D eigenvalue weighted by Crippen LogP contribution is 2.33. The van der Waals surface area contributed by atoms with Gasteiger partial charge in [-0.2, -0.15) is 5.01 Å². The number of hydrogen-bond donors (Lipinski definition) is 1. The second kappa shape index (κ2) is 10.1. The second-order valence-corrected chi connectivity index (χ2v) is 10.0. The number of nitrogens with one attached hydrogen (secondary N) is 1. The van der Waals surface area contributed by atoms with Gasteiger partial charge in [0, 0.05) is 18.5 Å². The van der Waals surface area contributed by atoms with Crippen molar-refractivity contribution in [1.29, 1.82) is 0 Å². The predicted molar refractivity (Wildman–Crippen MR) is 138 cm³/mol. The van der Waals surface area contributed by atoms with Crippen molar-refractivity contribution in [3.05, 3.63) is 59.0 Å². The van der Waals surface area contributed by atoms with Gasteiger partial charge in [0.05, 0.1) is 10.3 Å². The van der Waals surface area contributed by atoms with Crippen LogP contribution in [0.1, 0.15) is 31.2 Å². The van der Waals surface area contributed by atoms with Crippen molar-refractivity contribution < 1.29 is 14.1 Å².